The van der Waals surface area contributed by atoms with Gasteiger partial charge in [0, 0.05) is 17.1 Å². The molecule has 4 N–H and O–H groups in total. The predicted molar refractivity (Wildman–Crippen MR) is 81.6 cm³/mol. The Hall–Kier alpha value is -1.71. The monoisotopic (exact) mass is 325 g/mol. The molecule has 2 heterocycles. The summed E-state index contributed by atoms with van der Waals surface area (Å²) in [6.45, 7) is 0. The number of rotatable bonds is 4. The van der Waals surface area contributed by atoms with Gasteiger partial charge in [-0.3, -0.25) is 4.72 Å². The SMILES string of the molecule is NNc1cc(S(=O)(=O)Nc2nc3c(s2)CCCC3)ccn1. The summed E-state index contributed by atoms with van der Waals surface area (Å²) in [7, 11) is -3.68. The van der Waals surface area contributed by atoms with E-state index < -0.39 is 10.0 Å². The molecule has 0 aromatic carbocycles. The Kier molecular flexibility index (Phi) is 3.79. The van der Waals surface area contributed by atoms with E-state index >= 15 is 0 Å². The van der Waals surface area contributed by atoms with Gasteiger partial charge in [-0.1, -0.05) is 0 Å². The van der Waals surface area contributed by atoms with Gasteiger partial charge in [-0.05, 0) is 31.7 Å². The molecule has 1 aliphatic carbocycles. The predicted octanol–water partition coefficient (Wildman–Crippen LogP) is 1.50. The Morgan fingerprint density at radius 1 is 1.29 bits per heavy atom. The van der Waals surface area contributed by atoms with Gasteiger partial charge in [0.15, 0.2) is 5.13 Å². The van der Waals surface area contributed by atoms with E-state index in [2.05, 4.69) is 20.1 Å². The molecule has 0 bridgehead atoms. The van der Waals surface area contributed by atoms with Crippen molar-refractivity contribution < 1.29 is 8.42 Å². The topological polar surface area (TPSA) is 110 Å². The first kappa shape index (κ1) is 14.2. The van der Waals surface area contributed by atoms with Crippen LogP contribution in [-0.4, -0.2) is 18.4 Å². The first-order valence-corrected chi connectivity index (χ1v) is 8.82. The Balaban J connectivity index is 1.87. The zero-order valence-electron chi connectivity index (χ0n) is 11.2. The molecule has 7 nitrogen and oxygen atoms in total. The molecule has 0 spiro atoms. The zero-order valence-corrected chi connectivity index (χ0v) is 12.8. The van der Waals surface area contributed by atoms with E-state index in [-0.39, 0.29) is 10.7 Å². The zero-order chi connectivity index (χ0) is 14.9. The standard InChI is InChI=1S/C12H15N5O2S2/c13-16-11-7-8(5-6-14-11)21(18,19)17-12-15-9-3-1-2-4-10(9)20-12/h5-7H,1-4,13H2,(H,14,16)(H,15,17). The highest BCUT2D eigenvalue weighted by Gasteiger charge is 2.20. The number of fused-ring (bicyclic) bond motifs is 1. The van der Waals surface area contributed by atoms with Crippen LogP contribution in [0.5, 0.6) is 0 Å². The molecule has 0 fully saturated rings. The van der Waals surface area contributed by atoms with E-state index in [0.29, 0.717) is 5.13 Å². The van der Waals surface area contributed by atoms with E-state index in [0.717, 1.165) is 31.4 Å². The van der Waals surface area contributed by atoms with Crippen molar-refractivity contribution in [1.29, 1.82) is 0 Å². The minimum absolute atomic E-state index is 0.0959. The average Bonchev–Trinajstić information content (AvgIpc) is 2.88. The van der Waals surface area contributed by atoms with Crippen molar-refractivity contribution in [3.05, 3.63) is 28.9 Å². The number of pyridine rings is 1. The lowest BCUT2D eigenvalue weighted by atomic mass is 10.0. The third kappa shape index (κ3) is 2.99. The Morgan fingerprint density at radius 3 is 2.86 bits per heavy atom. The number of nitrogens with zero attached hydrogens (tertiary/aromatic N) is 2. The smallest absolute Gasteiger partial charge is 0.263 e. The Bertz CT molecular complexity index is 733. The molecule has 0 amide bonds. The number of hydrazine groups is 1. The third-order valence-corrected chi connectivity index (χ3v) is 5.80. The van der Waals surface area contributed by atoms with Crippen LogP contribution in [0, 0.1) is 0 Å². The molecular weight excluding hydrogens is 310 g/mol. The molecule has 0 aliphatic heterocycles. The van der Waals surface area contributed by atoms with Crippen LogP contribution in [-0.2, 0) is 22.9 Å². The van der Waals surface area contributed by atoms with Gasteiger partial charge in [0.05, 0.1) is 10.6 Å². The third-order valence-electron chi connectivity index (χ3n) is 3.26. The van der Waals surface area contributed by atoms with Crippen molar-refractivity contribution in [2.45, 2.75) is 30.6 Å². The van der Waals surface area contributed by atoms with Crippen molar-refractivity contribution in [2.24, 2.45) is 5.84 Å². The molecule has 0 radical (unpaired) electrons. The van der Waals surface area contributed by atoms with E-state index in [4.69, 9.17) is 5.84 Å². The van der Waals surface area contributed by atoms with Crippen molar-refractivity contribution >= 4 is 32.3 Å². The number of hydrogen-bond acceptors (Lipinski definition) is 7. The summed E-state index contributed by atoms with van der Waals surface area (Å²) >= 11 is 1.41. The molecule has 1 aliphatic rings. The second kappa shape index (κ2) is 5.58. The van der Waals surface area contributed by atoms with Gasteiger partial charge in [0.25, 0.3) is 10.0 Å². The van der Waals surface area contributed by atoms with Crippen molar-refractivity contribution in [3.63, 3.8) is 0 Å². The van der Waals surface area contributed by atoms with Crippen LogP contribution in [0.3, 0.4) is 0 Å². The summed E-state index contributed by atoms with van der Waals surface area (Å²) < 4.78 is 27.2. The largest absolute Gasteiger partial charge is 0.308 e. The quantitative estimate of drug-likeness (QED) is 0.580. The summed E-state index contributed by atoms with van der Waals surface area (Å²) in [4.78, 5) is 9.54. The molecule has 9 heteroatoms. The summed E-state index contributed by atoms with van der Waals surface area (Å²) in [5, 5.41) is 0.418. The number of thiazole rings is 1. The second-order valence-electron chi connectivity index (χ2n) is 4.72. The molecule has 2 aromatic rings. The fourth-order valence-corrected chi connectivity index (χ4v) is 4.52. The maximum absolute atomic E-state index is 12.3. The second-order valence-corrected chi connectivity index (χ2v) is 7.49. The van der Waals surface area contributed by atoms with Crippen LogP contribution in [0.25, 0.3) is 0 Å². The normalized spacial score (nSPS) is 14.5. The summed E-state index contributed by atoms with van der Waals surface area (Å²) in [5.74, 6) is 5.53. The van der Waals surface area contributed by atoms with Crippen LogP contribution in [0.15, 0.2) is 23.2 Å². The number of anilines is 2. The van der Waals surface area contributed by atoms with Crippen molar-refractivity contribution in [1.82, 2.24) is 9.97 Å². The van der Waals surface area contributed by atoms with Gasteiger partial charge < -0.3 is 5.43 Å². The molecule has 0 unspecified atom stereocenters. The number of hydrogen-bond donors (Lipinski definition) is 3. The van der Waals surface area contributed by atoms with Crippen LogP contribution in [0.1, 0.15) is 23.4 Å². The molecule has 112 valence electrons. The minimum atomic E-state index is -3.68. The number of aromatic nitrogens is 2. The highest BCUT2D eigenvalue weighted by atomic mass is 32.2. The molecule has 3 rings (SSSR count). The van der Waals surface area contributed by atoms with Gasteiger partial charge in [-0.15, -0.1) is 11.3 Å². The van der Waals surface area contributed by atoms with Crippen LogP contribution >= 0.6 is 11.3 Å². The number of nitrogens with two attached hydrogens (primary N) is 1. The summed E-state index contributed by atoms with van der Waals surface area (Å²) in [6.07, 6.45) is 5.53. The van der Waals surface area contributed by atoms with Crippen LogP contribution < -0.4 is 16.0 Å². The first-order chi connectivity index (χ1) is 10.1. The molecular formula is C12H15N5O2S2. The van der Waals surface area contributed by atoms with Gasteiger partial charge in [-0.25, -0.2) is 24.2 Å². The fraction of sp³-hybridized carbons (Fsp3) is 0.333. The lowest BCUT2D eigenvalue weighted by Gasteiger charge is -2.06. The molecule has 0 atom stereocenters. The fourth-order valence-electron chi connectivity index (χ4n) is 2.23. The van der Waals surface area contributed by atoms with E-state index in [1.54, 1.807) is 0 Å². The summed E-state index contributed by atoms with van der Waals surface area (Å²) in [5.41, 5.74) is 3.34. The Labute approximate surface area is 126 Å². The van der Waals surface area contributed by atoms with Crippen molar-refractivity contribution in [3.8, 4) is 0 Å². The van der Waals surface area contributed by atoms with Gasteiger partial charge in [-0.2, -0.15) is 0 Å². The lowest BCUT2D eigenvalue weighted by molar-refractivity contribution is 0.601. The minimum Gasteiger partial charge on any atom is -0.308 e. The number of aryl methyl sites for hydroxylation is 2. The van der Waals surface area contributed by atoms with Crippen LogP contribution in [0.2, 0.25) is 0 Å². The summed E-state index contributed by atoms with van der Waals surface area (Å²) in [6, 6.07) is 2.78. The van der Waals surface area contributed by atoms with Crippen molar-refractivity contribution in [2.75, 3.05) is 10.1 Å². The maximum atomic E-state index is 12.3. The van der Waals surface area contributed by atoms with E-state index in [1.165, 1.54) is 34.5 Å². The van der Waals surface area contributed by atoms with Gasteiger partial charge >= 0.3 is 0 Å². The van der Waals surface area contributed by atoms with E-state index in [1.807, 2.05) is 0 Å². The van der Waals surface area contributed by atoms with Gasteiger partial charge in [0.2, 0.25) is 0 Å². The highest BCUT2D eigenvalue weighted by Crippen LogP contribution is 2.30. The molecule has 0 saturated heterocycles. The molecule has 2 aromatic heterocycles. The lowest BCUT2D eigenvalue weighted by Crippen LogP contribution is -2.14. The van der Waals surface area contributed by atoms with Gasteiger partial charge in [0.1, 0.15) is 5.82 Å². The Morgan fingerprint density at radius 2 is 2.10 bits per heavy atom. The van der Waals surface area contributed by atoms with Crippen LogP contribution in [0.4, 0.5) is 10.9 Å². The highest BCUT2D eigenvalue weighted by molar-refractivity contribution is 7.93. The average molecular weight is 325 g/mol. The number of nitrogen functional groups attached to an aromatic ring is 1. The van der Waals surface area contributed by atoms with E-state index in [9.17, 15) is 8.42 Å². The molecule has 21 heavy (non-hydrogen) atoms. The number of sulfonamides is 1. The maximum Gasteiger partial charge on any atom is 0.263 e. The number of nitrogens with one attached hydrogen (secondary N) is 2. The first-order valence-electron chi connectivity index (χ1n) is 6.52. The molecule has 0 saturated carbocycles.